The lowest BCUT2D eigenvalue weighted by Gasteiger charge is -2.19. The average molecular weight is 402 g/mol. The highest BCUT2D eigenvalue weighted by Crippen LogP contribution is 2.30. The highest BCUT2D eigenvalue weighted by Gasteiger charge is 2.25. The van der Waals surface area contributed by atoms with Crippen LogP contribution in [0.5, 0.6) is 0 Å². The van der Waals surface area contributed by atoms with Crippen LogP contribution in [0.25, 0.3) is 21.8 Å². The fraction of sp³-hybridized carbons (Fsp3) is 0.292. The molecule has 1 unspecified atom stereocenters. The molecule has 1 amide bonds. The minimum Gasteiger partial charge on any atom is -0.354 e. The maximum Gasteiger partial charge on any atom is 0.291 e. The van der Waals surface area contributed by atoms with E-state index in [2.05, 4.69) is 41.6 Å². The van der Waals surface area contributed by atoms with Crippen LogP contribution < -0.4 is 10.9 Å². The normalized spacial score (nSPS) is 12.4. The Balaban J connectivity index is 1.68. The molecule has 4 aromatic rings. The molecule has 30 heavy (non-hydrogen) atoms. The van der Waals surface area contributed by atoms with E-state index in [1.807, 2.05) is 35.8 Å². The number of hydrogen-bond donors (Lipinski definition) is 1. The standard InChI is InChI=1S/C24H26N4O2/c1-4-20(23(29)25-14-13-17-11-9-16(2)10-12-17)28-21-8-6-5-7-18(21)19-15-26-27(3)24(30)22(19)28/h5-12,15,20H,4,13-14H2,1-3H3,(H,25,29). The second kappa shape index (κ2) is 8.14. The summed E-state index contributed by atoms with van der Waals surface area (Å²) in [5, 5.41) is 8.96. The molecular formula is C24H26N4O2. The summed E-state index contributed by atoms with van der Waals surface area (Å²) < 4.78 is 3.20. The molecule has 4 rings (SSSR count). The van der Waals surface area contributed by atoms with Crippen LogP contribution >= 0.6 is 0 Å². The van der Waals surface area contributed by atoms with Gasteiger partial charge >= 0.3 is 0 Å². The molecule has 0 spiro atoms. The van der Waals surface area contributed by atoms with Crippen LogP contribution in [-0.4, -0.2) is 26.8 Å². The predicted molar refractivity (Wildman–Crippen MR) is 120 cm³/mol. The molecule has 6 nitrogen and oxygen atoms in total. The van der Waals surface area contributed by atoms with Gasteiger partial charge in [0.15, 0.2) is 0 Å². The first-order chi connectivity index (χ1) is 14.5. The third-order valence-corrected chi connectivity index (χ3v) is 5.64. The Morgan fingerprint density at radius 2 is 1.83 bits per heavy atom. The van der Waals surface area contributed by atoms with Crippen molar-refractivity contribution >= 4 is 27.7 Å². The SMILES string of the molecule is CCC(C(=O)NCCc1ccc(C)cc1)n1c2ccccc2c2cnn(C)c(=O)c21. The van der Waals surface area contributed by atoms with Gasteiger partial charge < -0.3 is 9.88 Å². The maximum atomic E-state index is 13.1. The van der Waals surface area contributed by atoms with E-state index in [4.69, 9.17) is 0 Å². The summed E-state index contributed by atoms with van der Waals surface area (Å²) in [6.45, 7) is 4.58. The van der Waals surface area contributed by atoms with Crippen molar-refractivity contribution in [2.24, 2.45) is 7.05 Å². The molecule has 6 heteroatoms. The minimum atomic E-state index is -0.472. The molecule has 0 saturated heterocycles. The number of aromatic nitrogens is 3. The van der Waals surface area contributed by atoms with Crippen molar-refractivity contribution in [1.29, 1.82) is 0 Å². The van der Waals surface area contributed by atoms with E-state index in [0.717, 1.165) is 22.7 Å². The summed E-state index contributed by atoms with van der Waals surface area (Å²) in [5.74, 6) is -0.0777. The molecule has 0 fully saturated rings. The molecule has 2 aromatic heterocycles. The van der Waals surface area contributed by atoms with Crippen molar-refractivity contribution in [2.75, 3.05) is 6.54 Å². The lowest BCUT2D eigenvalue weighted by atomic mass is 10.1. The first kappa shape index (κ1) is 19.9. The van der Waals surface area contributed by atoms with Gasteiger partial charge in [-0.15, -0.1) is 0 Å². The smallest absolute Gasteiger partial charge is 0.291 e. The fourth-order valence-corrected chi connectivity index (χ4v) is 4.00. The number of hydrogen-bond acceptors (Lipinski definition) is 3. The number of aryl methyl sites for hydroxylation is 2. The number of fused-ring (bicyclic) bond motifs is 3. The third-order valence-electron chi connectivity index (χ3n) is 5.64. The van der Waals surface area contributed by atoms with Crippen LogP contribution in [0.3, 0.4) is 0 Å². The Kier molecular flexibility index (Phi) is 5.40. The number of carbonyl (C=O) groups is 1. The monoisotopic (exact) mass is 402 g/mol. The number of rotatable bonds is 6. The third kappa shape index (κ3) is 3.49. The number of para-hydroxylation sites is 1. The molecule has 0 aliphatic carbocycles. The molecule has 0 aliphatic rings. The first-order valence-electron chi connectivity index (χ1n) is 10.3. The zero-order valence-electron chi connectivity index (χ0n) is 17.6. The summed E-state index contributed by atoms with van der Waals surface area (Å²) in [5.41, 5.74) is 3.60. The van der Waals surface area contributed by atoms with E-state index in [-0.39, 0.29) is 11.5 Å². The number of benzene rings is 2. The highest BCUT2D eigenvalue weighted by atomic mass is 16.2. The van der Waals surface area contributed by atoms with Crippen molar-refractivity contribution in [3.05, 3.63) is 76.2 Å². The number of nitrogens with zero attached hydrogens (tertiary/aromatic N) is 3. The molecule has 1 N–H and O–H groups in total. The van der Waals surface area contributed by atoms with E-state index >= 15 is 0 Å². The average Bonchev–Trinajstić information content (AvgIpc) is 3.08. The van der Waals surface area contributed by atoms with Crippen LogP contribution in [0.15, 0.2) is 59.5 Å². The van der Waals surface area contributed by atoms with Crippen molar-refractivity contribution in [2.45, 2.75) is 32.7 Å². The van der Waals surface area contributed by atoms with Crippen LogP contribution in [0.1, 0.15) is 30.5 Å². The topological polar surface area (TPSA) is 68.9 Å². The number of carbonyl (C=O) groups excluding carboxylic acids is 1. The molecule has 2 aromatic carbocycles. The van der Waals surface area contributed by atoms with E-state index in [1.165, 1.54) is 15.8 Å². The van der Waals surface area contributed by atoms with Gasteiger partial charge in [0.25, 0.3) is 5.56 Å². The fourth-order valence-electron chi connectivity index (χ4n) is 4.00. The summed E-state index contributed by atoms with van der Waals surface area (Å²) in [6, 6.07) is 15.6. The van der Waals surface area contributed by atoms with Crippen LogP contribution in [0, 0.1) is 6.92 Å². The van der Waals surface area contributed by atoms with Gasteiger partial charge in [-0.2, -0.15) is 5.10 Å². The molecule has 2 heterocycles. The van der Waals surface area contributed by atoms with Crippen molar-refractivity contribution in [3.8, 4) is 0 Å². The summed E-state index contributed by atoms with van der Waals surface area (Å²) in [4.78, 5) is 26.1. The van der Waals surface area contributed by atoms with Gasteiger partial charge in [0.1, 0.15) is 11.6 Å². The second-order valence-corrected chi connectivity index (χ2v) is 7.67. The molecule has 0 saturated carbocycles. The Morgan fingerprint density at radius 3 is 2.57 bits per heavy atom. The first-order valence-corrected chi connectivity index (χ1v) is 10.3. The Labute approximate surface area is 175 Å². The van der Waals surface area contributed by atoms with Crippen molar-refractivity contribution in [3.63, 3.8) is 0 Å². The zero-order chi connectivity index (χ0) is 21.3. The minimum absolute atomic E-state index is 0.0777. The molecular weight excluding hydrogens is 376 g/mol. The van der Waals surface area contributed by atoms with Crippen molar-refractivity contribution in [1.82, 2.24) is 19.7 Å². The van der Waals surface area contributed by atoms with Gasteiger partial charge in [-0.3, -0.25) is 9.59 Å². The molecule has 0 bridgehead atoms. The van der Waals surface area contributed by atoms with Gasteiger partial charge in [-0.25, -0.2) is 4.68 Å². The van der Waals surface area contributed by atoms with Gasteiger partial charge in [0.2, 0.25) is 5.91 Å². The molecule has 0 aliphatic heterocycles. The maximum absolute atomic E-state index is 13.1. The van der Waals surface area contributed by atoms with Crippen LogP contribution in [-0.2, 0) is 18.3 Å². The summed E-state index contributed by atoms with van der Waals surface area (Å²) >= 11 is 0. The summed E-state index contributed by atoms with van der Waals surface area (Å²) in [6.07, 6.45) is 3.05. The van der Waals surface area contributed by atoms with Crippen LogP contribution in [0.2, 0.25) is 0 Å². The number of nitrogens with one attached hydrogen (secondary N) is 1. The molecule has 154 valence electrons. The van der Waals surface area contributed by atoms with Gasteiger partial charge in [-0.05, 0) is 31.4 Å². The number of amides is 1. The van der Waals surface area contributed by atoms with Crippen molar-refractivity contribution < 1.29 is 4.79 Å². The Hall–Kier alpha value is -3.41. The molecule has 0 radical (unpaired) electrons. The van der Waals surface area contributed by atoms with Gasteiger partial charge in [-0.1, -0.05) is 55.0 Å². The van der Waals surface area contributed by atoms with E-state index in [1.54, 1.807) is 13.2 Å². The Morgan fingerprint density at radius 1 is 1.10 bits per heavy atom. The zero-order valence-corrected chi connectivity index (χ0v) is 17.6. The van der Waals surface area contributed by atoms with Gasteiger partial charge in [0.05, 0.1) is 11.7 Å². The van der Waals surface area contributed by atoms with E-state index in [0.29, 0.717) is 18.5 Å². The lowest BCUT2D eigenvalue weighted by Crippen LogP contribution is -2.34. The van der Waals surface area contributed by atoms with Crippen LogP contribution in [0.4, 0.5) is 0 Å². The quantitative estimate of drug-likeness (QED) is 0.537. The summed E-state index contributed by atoms with van der Waals surface area (Å²) in [7, 11) is 1.63. The highest BCUT2D eigenvalue weighted by molar-refractivity contribution is 6.08. The predicted octanol–water partition coefficient (Wildman–Crippen LogP) is 3.51. The largest absolute Gasteiger partial charge is 0.354 e. The lowest BCUT2D eigenvalue weighted by molar-refractivity contribution is -0.124. The van der Waals surface area contributed by atoms with E-state index in [9.17, 15) is 9.59 Å². The van der Waals surface area contributed by atoms with E-state index < -0.39 is 6.04 Å². The Bertz CT molecular complexity index is 1270. The molecule has 1 atom stereocenters. The second-order valence-electron chi connectivity index (χ2n) is 7.67. The van der Waals surface area contributed by atoms with Gasteiger partial charge in [0, 0.05) is 24.4 Å².